The molecular weight excluding hydrogens is 513 g/mol. The molecule has 2 unspecified atom stereocenters. The minimum Gasteiger partial charge on any atom is -0.755 e. The van der Waals surface area contributed by atoms with E-state index >= 15 is 0 Å². The van der Waals surface area contributed by atoms with Gasteiger partial charge in [-0.25, -0.2) is 13.2 Å². The number of nitrogens with zero attached hydrogens (tertiary/aromatic N) is 3. The van der Waals surface area contributed by atoms with Gasteiger partial charge < -0.3 is 9.87 Å². The fourth-order valence-corrected chi connectivity index (χ4v) is 4.79. The van der Waals surface area contributed by atoms with Crippen LogP contribution in [0.2, 0.25) is 0 Å². The summed E-state index contributed by atoms with van der Waals surface area (Å²) in [4.78, 5) is 13.1. The van der Waals surface area contributed by atoms with Gasteiger partial charge in [0, 0.05) is 18.1 Å². The molecule has 0 saturated carbocycles. The van der Waals surface area contributed by atoms with E-state index in [2.05, 4.69) is 14.1 Å². The molecule has 0 aliphatic heterocycles. The predicted octanol–water partition coefficient (Wildman–Crippen LogP) is 4.97. The molecular formula is C24H18F3N4O3S2-. The quantitative estimate of drug-likeness (QED) is 0.324. The van der Waals surface area contributed by atoms with Crippen LogP contribution in [-0.4, -0.2) is 23.4 Å². The van der Waals surface area contributed by atoms with Crippen LogP contribution in [0.25, 0.3) is 0 Å². The number of benzene rings is 3. The van der Waals surface area contributed by atoms with E-state index in [1.807, 2.05) is 30.3 Å². The van der Waals surface area contributed by atoms with Crippen molar-refractivity contribution >= 4 is 40.4 Å². The molecule has 12 heteroatoms. The van der Waals surface area contributed by atoms with Gasteiger partial charge in [-0.2, -0.15) is 8.75 Å². The van der Waals surface area contributed by atoms with Gasteiger partial charge in [0.25, 0.3) is 5.91 Å². The zero-order valence-electron chi connectivity index (χ0n) is 18.7. The number of anilines is 2. The molecule has 36 heavy (non-hydrogen) atoms. The van der Waals surface area contributed by atoms with Crippen LogP contribution in [0.3, 0.4) is 0 Å². The van der Waals surface area contributed by atoms with E-state index < -0.39 is 40.7 Å². The highest BCUT2D eigenvalue weighted by Crippen LogP contribution is 2.33. The zero-order valence-corrected chi connectivity index (χ0v) is 20.3. The van der Waals surface area contributed by atoms with Crippen LogP contribution < -0.4 is 9.62 Å². The maximum atomic E-state index is 14.3. The fourth-order valence-electron chi connectivity index (χ4n) is 3.59. The minimum absolute atomic E-state index is 0.0199. The first kappa shape index (κ1) is 25.5. The lowest BCUT2D eigenvalue weighted by molar-refractivity contribution is 0.0940. The van der Waals surface area contributed by atoms with Crippen molar-refractivity contribution in [1.29, 1.82) is 0 Å². The van der Waals surface area contributed by atoms with Crippen molar-refractivity contribution in [2.45, 2.75) is 19.4 Å². The van der Waals surface area contributed by atoms with Crippen LogP contribution in [0, 0.1) is 17.5 Å². The Morgan fingerprint density at radius 3 is 2.44 bits per heavy atom. The van der Waals surface area contributed by atoms with Gasteiger partial charge in [-0.05, 0) is 36.8 Å². The highest BCUT2D eigenvalue weighted by Gasteiger charge is 2.26. The Morgan fingerprint density at radius 1 is 1.06 bits per heavy atom. The number of hydrogen-bond donors (Lipinski definition) is 1. The summed E-state index contributed by atoms with van der Waals surface area (Å²) in [7, 11) is 0. The number of nitrogens with one attached hydrogen (secondary N) is 1. The van der Waals surface area contributed by atoms with Crippen molar-refractivity contribution in [3.8, 4) is 0 Å². The molecule has 2 atom stereocenters. The van der Waals surface area contributed by atoms with Crippen LogP contribution >= 0.6 is 11.7 Å². The van der Waals surface area contributed by atoms with E-state index in [1.165, 1.54) is 13.0 Å². The molecule has 0 fully saturated rings. The minimum atomic E-state index is -3.00. The number of rotatable bonds is 8. The van der Waals surface area contributed by atoms with Crippen LogP contribution in [0.5, 0.6) is 0 Å². The number of carbonyl (C=O) groups excluding carboxylic acids is 1. The average molecular weight is 532 g/mol. The summed E-state index contributed by atoms with van der Waals surface area (Å²) in [6.45, 7) is 1.48. The Balaban J connectivity index is 1.70. The molecule has 4 aromatic rings. The van der Waals surface area contributed by atoms with Crippen molar-refractivity contribution in [1.82, 2.24) is 14.1 Å². The number of aromatic nitrogens is 2. The summed E-state index contributed by atoms with van der Waals surface area (Å²) in [6.07, 6.45) is 0.248. The summed E-state index contributed by atoms with van der Waals surface area (Å²) >= 11 is -2.23. The second-order valence-corrected chi connectivity index (χ2v) is 9.06. The van der Waals surface area contributed by atoms with Crippen molar-refractivity contribution in [3.63, 3.8) is 0 Å². The van der Waals surface area contributed by atoms with Gasteiger partial charge in [-0.3, -0.25) is 13.3 Å². The lowest BCUT2D eigenvalue weighted by Gasteiger charge is -2.27. The molecule has 0 radical (unpaired) electrons. The summed E-state index contributed by atoms with van der Waals surface area (Å²) in [5.41, 5.74) is 0.679. The van der Waals surface area contributed by atoms with Gasteiger partial charge in [0.1, 0.15) is 23.1 Å². The molecule has 1 amide bonds. The van der Waals surface area contributed by atoms with Crippen molar-refractivity contribution < 1.29 is 26.7 Å². The van der Waals surface area contributed by atoms with Crippen LogP contribution in [-0.2, 0) is 17.7 Å². The highest BCUT2D eigenvalue weighted by atomic mass is 32.2. The summed E-state index contributed by atoms with van der Waals surface area (Å²) < 4.78 is 75.4. The monoisotopic (exact) mass is 531 g/mol. The average Bonchev–Trinajstić information content (AvgIpc) is 3.27. The smallest absolute Gasteiger partial charge is 0.253 e. The first-order valence-electron chi connectivity index (χ1n) is 10.5. The Hall–Kier alpha value is -3.61. The van der Waals surface area contributed by atoms with Crippen LogP contribution in [0.15, 0.2) is 66.7 Å². The molecule has 4 rings (SSSR count). The van der Waals surface area contributed by atoms with Gasteiger partial charge in [0.05, 0.1) is 40.3 Å². The predicted molar refractivity (Wildman–Crippen MR) is 129 cm³/mol. The van der Waals surface area contributed by atoms with Gasteiger partial charge >= 0.3 is 0 Å². The molecule has 1 aromatic heterocycles. The first-order chi connectivity index (χ1) is 17.2. The normalized spacial score (nSPS) is 12.7. The molecule has 0 bridgehead atoms. The van der Waals surface area contributed by atoms with E-state index in [-0.39, 0.29) is 29.1 Å². The van der Waals surface area contributed by atoms with Crippen molar-refractivity contribution in [2.75, 3.05) is 4.31 Å². The molecule has 1 N–H and O–H groups in total. The number of carbonyl (C=O) groups is 1. The van der Waals surface area contributed by atoms with E-state index in [1.54, 1.807) is 0 Å². The lowest BCUT2D eigenvalue weighted by Crippen LogP contribution is -2.30. The maximum Gasteiger partial charge on any atom is 0.253 e. The largest absolute Gasteiger partial charge is 0.755 e. The summed E-state index contributed by atoms with van der Waals surface area (Å²) in [5.74, 6) is -3.29. The van der Waals surface area contributed by atoms with Crippen LogP contribution in [0.1, 0.15) is 40.1 Å². The number of hydrogen-bond acceptors (Lipinski definition) is 6. The Labute approximate surface area is 211 Å². The van der Waals surface area contributed by atoms with E-state index in [4.69, 9.17) is 0 Å². The second-order valence-electron chi connectivity index (χ2n) is 7.73. The summed E-state index contributed by atoms with van der Waals surface area (Å²) in [5, 5.41) is 2.54. The Morgan fingerprint density at radius 2 is 1.75 bits per heavy atom. The zero-order chi connectivity index (χ0) is 25.8. The van der Waals surface area contributed by atoms with Gasteiger partial charge in [0.2, 0.25) is 0 Å². The molecule has 7 nitrogen and oxygen atoms in total. The molecule has 0 spiro atoms. The topological polar surface area (TPSA) is 98.2 Å². The highest BCUT2D eigenvalue weighted by molar-refractivity contribution is 7.81. The molecule has 1 heterocycles. The number of amides is 1. The van der Waals surface area contributed by atoms with E-state index in [0.717, 1.165) is 41.6 Å². The standard InChI is InChI=1S/C24H19F3N4O3S2/c1-14(18-9-7-16(25)12-20(18)27)28-24(32)19-10-8-17(26)13-22(19)31(36(33)34)23-21(29-35-30-23)11-15-5-3-2-4-6-15/h2-10,12-14H,11H2,1H3,(H,28,32)(H,33,34)/p-1. The maximum absolute atomic E-state index is 14.3. The lowest BCUT2D eigenvalue weighted by atomic mass is 10.1. The first-order valence-corrected chi connectivity index (χ1v) is 12.3. The molecule has 3 aromatic carbocycles. The summed E-state index contributed by atoms with van der Waals surface area (Å²) in [6, 6.07) is 14.2. The SMILES string of the molecule is CC(NC(=O)c1ccc(F)cc1N(c1nsnc1Cc1ccccc1)S(=O)[O-])c1ccc(F)cc1F. The van der Waals surface area contributed by atoms with Gasteiger partial charge in [0.15, 0.2) is 5.82 Å². The second kappa shape index (κ2) is 11.0. The molecule has 186 valence electrons. The number of halogens is 3. The van der Waals surface area contributed by atoms with Crippen molar-refractivity contribution in [3.05, 3.63) is 107 Å². The van der Waals surface area contributed by atoms with E-state index in [9.17, 15) is 26.7 Å². The Bertz CT molecular complexity index is 1420. The van der Waals surface area contributed by atoms with Gasteiger partial charge in [-0.1, -0.05) is 36.4 Å². The van der Waals surface area contributed by atoms with E-state index in [0.29, 0.717) is 16.1 Å². The third-order valence-electron chi connectivity index (χ3n) is 5.29. The van der Waals surface area contributed by atoms with Crippen molar-refractivity contribution in [2.24, 2.45) is 0 Å². The third-order valence-corrected chi connectivity index (χ3v) is 6.52. The molecule has 0 aliphatic carbocycles. The molecule has 0 saturated heterocycles. The fraction of sp³-hybridized carbons (Fsp3) is 0.125. The Kier molecular flexibility index (Phi) is 7.77. The van der Waals surface area contributed by atoms with Gasteiger partial charge in [-0.15, -0.1) is 0 Å². The molecule has 0 aliphatic rings. The third kappa shape index (κ3) is 5.61. The van der Waals surface area contributed by atoms with Crippen LogP contribution in [0.4, 0.5) is 24.7 Å².